The van der Waals surface area contributed by atoms with Gasteiger partial charge in [-0.25, -0.2) is 24.3 Å². The molecule has 1 N–H and O–H groups in total. The van der Waals surface area contributed by atoms with Crippen LogP contribution in [0, 0.1) is 5.82 Å². The summed E-state index contributed by atoms with van der Waals surface area (Å²) in [5.41, 5.74) is 1.34. The Bertz CT molecular complexity index is 1700. The highest BCUT2D eigenvalue weighted by Crippen LogP contribution is 2.35. The molecule has 0 atom stereocenters. The van der Waals surface area contributed by atoms with Crippen LogP contribution in [0.5, 0.6) is 0 Å². The lowest BCUT2D eigenvalue weighted by molar-refractivity contribution is 0.112. The lowest BCUT2D eigenvalue weighted by atomic mass is 10.2. The molecule has 0 aliphatic rings. The highest BCUT2D eigenvalue weighted by molar-refractivity contribution is 7.99. The second kappa shape index (κ2) is 9.66. The molecule has 0 amide bonds. The minimum Gasteiger partial charge on any atom is -0.308 e. The highest BCUT2D eigenvalue weighted by Gasteiger charge is 2.21. The van der Waals surface area contributed by atoms with Gasteiger partial charge in [-0.3, -0.25) is 13.9 Å². The van der Waals surface area contributed by atoms with Crippen molar-refractivity contribution in [3.05, 3.63) is 68.4 Å². The minimum absolute atomic E-state index is 0.298. The van der Waals surface area contributed by atoms with Crippen molar-refractivity contribution < 1.29 is 9.18 Å². The van der Waals surface area contributed by atoms with Crippen LogP contribution in [-0.2, 0) is 6.54 Å². The molecule has 184 valence electrons. The third kappa shape index (κ3) is 4.50. The van der Waals surface area contributed by atoms with Gasteiger partial charge in [0, 0.05) is 30.2 Å². The minimum atomic E-state index is -0.470. The molecule has 0 radical (unpaired) electrons. The number of carbonyl (C=O) groups excluding carboxylic acids is 1. The number of fused-ring (bicyclic) bond motifs is 2. The van der Waals surface area contributed by atoms with Crippen molar-refractivity contribution in [3.63, 3.8) is 0 Å². The van der Waals surface area contributed by atoms with Gasteiger partial charge >= 0.3 is 5.69 Å². The van der Waals surface area contributed by atoms with Gasteiger partial charge in [-0.1, -0.05) is 23.2 Å². The van der Waals surface area contributed by atoms with Crippen molar-refractivity contribution >= 4 is 63.2 Å². The smallest absolute Gasteiger partial charge is 0.308 e. The summed E-state index contributed by atoms with van der Waals surface area (Å²) in [7, 11) is 3.81. The molecule has 2 aromatic carbocycles. The molecule has 0 aliphatic heterocycles. The number of hydrogen-bond acceptors (Lipinski definition) is 7. The van der Waals surface area contributed by atoms with Gasteiger partial charge in [-0.2, -0.15) is 0 Å². The zero-order valence-electron chi connectivity index (χ0n) is 19.0. The number of aldehydes is 1. The number of rotatable bonds is 7. The molecule has 0 unspecified atom stereocenters. The third-order valence-corrected chi connectivity index (χ3v) is 7.18. The summed E-state index contributed by atoms with van der Waals surface area (Å²) in [6, 6.07) is 7.32. The second-order valence-corrected chi connectivity index (χ2v) is 9.98. The van der Waals surface area contributed by atoms with Gasteiger partial charge in [0.05, 0.1) is 26.6 Å². The highest BCUT2D eigenvalue weighted by atomic mass is 35.5. The number of halogens is 3. The first kappa shape index (κ1) is 24.4. The van der Waals surface area contributed by atoms with Crippen LogP contribution >= 0.6 is 35.0 Å². The molecule has 0 fully saturated rings. The van der Waals surface area contributed by atoms with Crippen LogP contribution in [0.15, 0.2) is 51.5 Å². The monoisotopic (exact) mass is 545 g/mol. The molecule has 0 spiro atoms. The van der Waals surface area contributed by atoms with E-state index in [1.165, 1.54) is 22.8 Å². The van der Waals surface area contributed by atoms with E-state index in [1.807, 2.05) is 19.0 Å². The fourth-order valence-corrected chi connectivity index (χ4v) is 4.96. The summed E-state index contributed by atoms with van der Waals surface area (Å²) in [5, 5.41) is 8.53. The van der Waals surface area contributed by atoms with E-state index in [0.717, 1.165) is 11.8 Å². The average molecular weight is 546 g/mol. The summed E-state index contributed by atoms with van der Waals surface area (Å²) in [5.74, 6) is -0.161. The molecule has 3 heterocycles. The van der Waals surface area contributed by atoms with E-state index >= 15 is 0 Å². The lowest BCUT2D eigenvalue weighted by Gasteiger charge is -2.13. The van der Waals surface area contributed by atoms with Crippen molar-refractivity contribution in [1.82, 2.24) is 34.2 Å². The Morgan fingerprint density at radius 3 is 2.56 bits per heavy atom. The lowest BCUT2D eigenvalue weighted by Crippen LogP contribution is -2.25. The number of H-pyrrole nitrogens is 1. The predicted octanol–water partition coefficient (Wildman–Crippen LogP) is 4.43. The Morgan fingerprint density at radius 1 is 1.14 bits per heavy atom. The van der Waals surface area contributed by atoms with Gasteiger partial charge in [0.25, 0.3) is 0 Å². The van der Waals surface area contributed by atoms with E-state index in [0.29, 0.717) is 72.9 Å². The number of benzene rings is 2. The Hall–Kier alpha value is -3.25. The standard InChI is InChI=1S/C23H18Cl2FN7O2S/c1-31(2)5-6-32-22(35)29-30-23(32)36-21-20(27-17-8-15(24)16(25)9-18(17)28-21)33-10-12(11-34)14-4-3-13(26)7-19(14)33/h3-4,7-11H,5-6H2,1-2H3,(H,29,35). The summed E-state index contributed by atoms with van der Waals surface area (Å²) in [6.45, 7) is 1.01. The van der Waals surface area contributed by atoms with Crippen LogP contribution in [0.1, 0.15) is 10.4 Å². The number of aromatic amines is 1. The van der Waals surface area contributed by atoms with Gasteiger partial charge in [-0.15, -0.1) is 5.10 Å². The molecule has 5 rings (SSSR count). The molecule has 5 aromatic rings. The SMILES string of the molecule is CN(C)CCn1c(Sc2nc3cc(Cl)c(Cl)cc3nc2-n2cc(C=O)c3ccc(F)cc32)n[nH]c1=O. The van der Waals surface area contributed by atoms with Crippen molar-refractivity contribution in [3.8, 4) is 5.82 Å². The Kier molecular flexibility index (Phi) is 6.56. The van der Waals surface area contributed by atoms with Crippen LogP contribution in [0.25, 0.3) is 27.8 Å². The van der Waals surface area contributed by atoms with Crippen LogP contribution < -0.4 is 5.69 Å². The fourth-order valence-electron chi connectivity index (χ4n) is 3.71. The molecule has 36 heavy (non-hydrogen) atoms. The summed E-state index contributed by atoms with van der Waals surface area (Å²) < 4.78 is 17.3. The number of nitrogens with zero attached hydrogens (tertiary/aromatic N) is 6. The first-order valence-corrected chi connectivity index (χ1v) is 12.2. The molecular formula is C23H18Cl2FN7O2S. The molecule has 0 bridgehead atoms. The van der Waals surface area contributed by atoms with Gasteiger partial charge in [0.2, 0.25) is 0 Å². The molecule has 0 saturated heterocycles. The molecule has 0 saturated carbocycles. The first-order chi connectivity index (χ1) is 17.2. The quantitative estimate of drug-likeness (QED) is 0.302. The van der Waals surface area contributed by atoms with Gasteiger partial charge in [0.15, 0.2) is 17.3 Å². The molecule has 9 nitrogen and oxygen atoms in total. The molecular weight excluding hydrogens is 528 g/mol. The number of likely N-dealkylation sites (N-methyl/N-ethyl adjacent to an activating group) is 1. The Labute approximate surface area is 217 Å². The van der Waals surface area contributed by atoms with Crippen LogP contribution in [0.2, 0.25) is 10.0 Å². The van der Waals surface area contributed by atoms with E-state index in [2.05, 4.69) is 10.2 Å². The number of aromatic nitrogens is 6. The van der Waals surface area contributed by atoms with Crippen LogP contribution in [0.3, 0.4) is 0 Å². The van der Waals surface area contributed by atoms with Gasteiger partial charge in [0.1, 0.15) is 10.8 Å². The van der Waals surface area contributed by atoms with E-state index in [4.69, 9.17) is 33.2 Å². The van der Waals surface area contributed by atoms with E-state index in [-0.39, 0.29) is 5.69 Å². The van der Waals surface area contributed by atoms with Crippen LogP contribution in [0.4, 0.5) is 4.39 Å². The number of hydrogen-bond donors (Lipinski definition) is 1. The van der Waals surface area contributed by atoms with Crippen molar-refractivity contribution in [1.29, 1.82) is 0 Å². The average Bonchev–Trinajstić information content (AvgIpc) is 3.37. The maximum absolute atomic E-state index is 14.2. The Morgan fingerprint density at radius 2 is 1.86 bits per heavy atom. The second-order valence-electron chi connectivity index (χ2n) is 8.21. The zero-order valence-corrected chi connectivity index (χ0v) is 21.3. The van der Waals surface area contributed by atoms with Gasteiger partial charge in [-0.05, 0) is 56.2 Å². The maximum atomic E-state index is 14.2. The zero-order chi connectivity index (χ0) is 25.6. The predicted molar refractivity (Wildman–Crippen MR) is 137 cm³/mol. The first-order valence-electron chi connectivity index (χ1n) is 10.7. The number of carbonyl (C=O) groups is 1. The number of nitrogens with one attached hydrogen (secondary N) is 1. The normalized spacial score (nSPS) is 11.7. The van der Waals surface area contributed by atoms with Crippen molar-refractivity contribution in [2.24, 2.45) is 0 Å². The molecule has 3 aromatic heterocycles. The van der Waals surface area contributed by atoms with E-state index < -0.39 is 5.82 Å². The van der Waals surface area contributed by atoms with Gasteiger partial charge < -0.3 is 4.90 Å². The third-order valence-electron chi connectivity index (χ3n) is 5.49. The van der Waals surface area contributed by atoms with Crippen molar-refractivity contribution in [2.45, 2.75) is 16.7 Å². The largest absolute Gasteiger partial charge is 0.344 e. The Balaban J connectivity index is 1.74. The summed E-state index contributed by atoms with van der Waals surface area (Å²) >= 11 is 13.5. The van der Waals surface area contributed by atoms with E-state index in [1.54, 1.807) is 22.9 Å². The molecule has 0 aliphatic carbocycles. The maximum Gasteiger partial charge on any atom is 0.344 e. The van der Waals surface area contributed by atoms with Crippen LogP contribution in [-0.4, -0.2) is 61.1 Å². The van der Waals surface area contributed by atoms with Crippen molar-refractivity contribution in [2.75, 3.05) is 20.6 Å². The topological polar surface area (TPSA) is 102 Å². The van der Waals surface area contributed by atoms with E-state index in [9.17, 15) is 14.0 Å². The fraction of sp³-hybridized carbons (Fsp3) is 0.174. The molecule has 13 heteroatoms. The summed E-state index contributed by atoms with van der Waals surface area (Å²) in [6.07, 6.45) is 2.26. The summed E-state index contributed by atoms with van der Waals surface area (Å²) in [4.78, 5) is 35.6.